The number of fused-ring (bicyclic) bond motifs is 1. The van der Waals surface area contributed by atoms with Gasteiger partial charge in [-0.25, -0.2) is 0 Å². The van der Waals surface area contributed by atoms with Gasteiger partial charge in [-0.05, 0) is 66.6 Å². The number of nitriles is 1. The third kappa shape index (κ3) is 3.28. The molecule has 0 radical (unpaired) electrons. The van der Waals surface area contributed by atoms with Crippen LogP contribution in [0.15, 0.2) is 42.2 Å². The molecule has 0 aliphatic heterocycles. The van der Waals surface area contributed by atoms with Crippen molar-refractivity contribution in [2.45, 2.75) is 25.7 Å². The lowest BCUT2D eigenvalue weighted by Gasteiger charge is -2.19. The second kappa shape index (κ2) is 6.97. The van der Waals surface area contributed by atoms with Crippen molar-refractivity contribution in [3.8, 4) is 11.8 Å². The summed E-state index contributed by atoms with van der Waals surface area (Å²) in [6, 6.07) is 8.77. The number of hydrogen-bond acceptors (Lipinski definition) is 4. The first-order chi connectivity index (χ1) is 11.7. The number of amides is 1. The van der Waals surface area contributed by atoms with Crippen LogP contribution in [0.25, 0.3) is 6.08 Å². The molecule has 1 heterocycles. The molecule has 0 fully saturated rings. The van der Waals surface area contributed by atoms with E-state index in [0.29, 0.717) is 11.4 Å². The Bertz CT molecular complexity index is 836. The average molecular weight is 319 g/mol. The lowest BCUT2D eigenvalue weighted by Crippen LogP contribution is -2.14. The van der Waals surface area contributed by atoms with E-state index < -0.39 is 5.91 Å². The second-order valence-corrected chi connectivity index (χ2v) is 5.70. The number of carbonyl (C=O) groups is 1. The van der Waals surface area contributed by atoms with Crippen molar-refractivity contribution in [2.75, 3.05) is 5.32 Å². The van der Waals surface area contributed by atoms with Gasteiger partial charge in [-0.3, -0.25) is 9.78 Å². The van der Waals surface area contributed by atoms with Crippen molar-refractivity contribution in [3.05, 3.63) is 58.9 Å². The van der Waals surface area contributed by atoms with E-state index in [-0.39, 0.29) is 5.57 Å². The van der Waals surface area contributed by atoms with Crippen LogP contribution >= 0.6 is 0 Å². The van der Waals surface area contributed by atoms with Gasteiger partial charge in [-0.15, -0.1) is 0 Å². The summed E-state index contributed by atoms with van der Waals surface area (Å²) in [5.41, 5.74) is 3.34. The number of aromatic nitrogens is 1. The highest BCUT2D eigenvalue weighted by Crippen LogP contribution is 2.32. The molecule has 1 aromatic carbocycles. The molecule has 24 heavy (non-hydrogen) atoms. The first-order valence-electron chi connectivity index (χ1n) is 7.86. The van der Waals surface area contributed by atoms with E-state index in [1.165, 1.54) is 6.20 Å². The molecule has 5 nitrogen and oxygen atoms in total. The molecule has 0 spiro atoms. The summed E-state index contributed by atoms with van der Waals surface area (Å²) in [5.74, 6) is -0.177. The number of hydrogen-bond donors (Lipinski definition) is 2. The van der Waals surface area contributed by atoms with Gasteiger partial charge in [-0.1, -0.05) is 6.07 Å². The molecule has 0 saturated heterocycles. The number of phenols is 1. The molecule has 1 aliphatic rings. The Hall–Kier alpha value is -3.13. The predicted octanol–water partition coefficient (Wildman–Crippen LogP) is 3.21. The van der Waals surface area contributed by atoms with Gasteiger partial charge in [0.1, 0.15) is 17.4 Å². The Morgan fingerprint density at radius 3 is 2.75 bits per heavy atom. The van der Waals surface area contributed by atoms with Crippen molar-refractivity contribution in [1.82, 2.24) is 4.98 Å². The number of nitrogens with one attached hydrogen (secondary N) is 1. The number of benzene rings is 1. The molecule has 5 heteroatoms. The fourth-order valence-corrected chi connectivity index (χ4v) is 2.95. The number of rotatable bonds is 3. The van der Waals surface area contributed by atoms with Gasteiger partial charge >= 0.3 is 0 Å². The van der Waals surface area contributed by atoms with Crippen molar-refractivity contribution >= 4 is 17.7 Å². The number of nitrogens with zero attached hydrogens (tertiary/aromatic N) is 2. The van der Waals surface area contributed by atoms with Crippen LogP contribution in [0.5, 0.6) is 5.75 Å². The molecule has 3 rings (SSSR count). The molecule has 120 valence electrons. The van der Waals surface area contributed by atoms with Crippen LogP contribution in [0.2, 0.25) is 0 Å². The minimum atomic E-state index is -0.469. The molecular weight excluding hydrogens is 302 g/mol. The number of carbonyl (C=O) groups excluding carboxylic acids is 1. The van der Waals surface area contributed by atoms with E-state index in [2.05, 4.69) is 10.3 Å². The monoisotopic (exact) mass is 319 g/mol. The smallest absolute Gasteiger partial charge is 0.266 e. The van der Waals surface area contributed by atoms with Crippen LogP contribution in [-0.2, 0) is 17.6 Å². The average Bonchev–Trinajstić information content (AvgIpc) is 2.62. The summed E-state index contributed by atoms with van der Waals surface area (Å²) in [5, 5.41) is 22.0. The van der Waals surface area contributed by atoms with Crippen LogP contribution in [0.3, 0.4) is 0 Å². The fourth-order valence-electron chi connectivity index (χ4n) is 2.95. The highest BCUT2D eigenvalue weighted by molar-refractivity contribution is 6.09. The number of pyridine rings is 1. The summed E-state index contributed by atoms with van der Waals surface area (Å²) in [6.45, 7) is 0. The van der Waals surface area contributed by atoms with Crippen molar-refractivity contribution in [1.29, 1.82) is 5.26 Å². The van der Waals surface area contributed by atoms with E-state index in [4.69, 9.17) is 0 Å². The summed E-state index contributed by atoms with van der Waals surface area (Å²) in [4.78, 5) is 16.2. The number of anilines is 1. The van der Waals surface area contributed by atoms with E-state index in [0.717, 1.165) is 42.4 Å². The molecular formula is C19H17N3O2. The Labute approximate surface area is 140 Å². The lowest BCUT2D eigenvalue weighted by atomic mass is 9.87. The Kier molecular flexibility index (Phi) is 4.57. The van der Waals surface area contributed by atoms with E-state index in [1.807, 2.05) is 6.07 Å². The molecule has 0 saturated carbocycles. The standard InChI is InChI=1S/C19H17N3O2/c20-11-14(19(24)22-15-4-3-9-21-12-15)10-13-7-8-18(23)17-6-2-1-5-16(13)17/h3-4,7-10,12,23H,1-2,5-6H2,(H,22,24)/b14-10-. The van der Waals surface area contributed by atoms with E-state index >= 15 is 0 Å². The Balaban J connectivity index is 1.91. The van der Waals surface area contributed by atoms with Gasteiger partial charge < -0.3 is 10.4 Å². The molecule has 0 unspecified atom stereocenters. The minimum Gasteiger partial charge on any atom is -0.508 e. The third-order valence-electron chi connectivity index (χ3n) is 4.13. The molecule has 2 aromatic rings. The van der Waals surface area contributed by atoms with Crippen LogP contribution in [0.4, 0.5) is 5.69 Å². The minimum absolute atomic E-state index is 0.0253. The normalized spacial score (nSPS) is 13.7. The van der Waals surface area contributed by atoms with E-state index in [1.54, 1.807) is 36.5 Å². The summed E-state index contributed by atoms with van der Waals surface area (Å²) >= 11 is 0. The van der Waals surface area contributed by atoms with E-state index in [9.17, 15) is 15.2 Å². The SMILES string of the molecule is N#C/C(=C/c1ccc(O)c2c1CCCC2)C(=O)Nc1cccnc1. The Morgan fingerprint density at radius 2 is 2.04 bits per heavy atom. The third-order valence-corrected chi connectivity index (χ3v) is 4.13. The molecule has 1 aromatic heterocycles. The van der Waals surface area contributed by atoms with Gasteiger partial charge in [0.25, 0.3) is 5.91 Å². The first kappa shape index (κ1) is 15.8. The molecule has 1 aliphatic carbocycles. The number of aromatic hydroxyl groups is 1. The van der Waals surface area contributed by atoms with Gasteiger partial charge in [0.05, 0.1) is 11.9 Å². The molecule has 0 atom stereocenters. The highest BCUT2D eigenvalue weighted by Gasteiger charge is 2.17. The first-order valence-corrected chi connectivity index (χ1v) is 7.86. The van der Waals surface area contributed by atoms with Crippen molar-refractivity contribution < 1.29 is 9.90 Å². The molecule has 2 N–H and O–H groups in total. The van der Waals surface area contributed by atoms with Crippen LogP contribution in [0, 0.1) is 11.3 Å². The fraction of sp³-hybridized carbons (Fsp3) is 0.211. The van der Waals surface area contributed by atoms with Crippen LogP contribution in [0.1, 0.15) is 29.5 Å². The molecule has 0 bridgehead atoms. The Morgan fingerprint density at radius 1 is 1.25 bits per heavy atom. The van der Waals surface area contributed by atoms with Gasteiger partial charge in [0.2, 0.25) is 0 Å². The lowest BCUT2D eigenvalue weighted by molar-refractivity contribution is -0.112. The van der Waals surface area contributed by atoms with Crippen molar-refractivity contribution in [3.63, 3.8) is 0 Å². The zero-order valence-corrected chi connectivity index (χ0v) is 13.1. The second-order valence-electron chi connectivity index (χ2n) is 5.70. The van der Waals surface area contributed by atoms with Crippen LogP contribution < -0.4 is 5.32 Å². The predicted molar refractivity (Wildman–Crippen MR) is 91.2 cm³/mol. The maximum absolute atomic E-state index is 12.3. The van der Waals surface area contributed by atoms with Gasteiger partial charge in [-0.2, -0.15) is 5.26 Å². The zero-order chi connectivity index (χ0) is 16.9. The quantitative estimate of drug-likeness (QED) is 0.672. The summed E-state index contributed by atoms with van der Waals surface area (Å²) in [6.07, 6.45) is 8.48. The largest absolute Gasteiger partial charge is 0.508 e. The summed E-state index contributed by atoms with van der Waals surface area (Å²) in [7, 11) is 0. The zero-order valence-electron chi connectivity index (χ0n) is 13.1. The van der Waals surface area contributed by atoms with Gasteiger partial charge in [0, 0.05) is 6.20 Å². The topological polar surface area (TPSA) is 86.0 Å². The number of phenolic OH excluding ortho intramolecular Hbond substituents is 1. The maximum atomic E-state index is 12.3. The highest BCUT2D eigenvalue weighted by atomic mass is 16.3. The van der Waals surface area contributed by atoms with Crippen LogP contribution in [-0.4, -0.2) is 16.0 Å². The van der Waals surface area contributed by atoms with Gasteiger partial charge in [0.15, 0.2) is 0 Å². The molecule has 1 amide bonds. The van der Waals surface area contributed by atoms with Crippen molar-refractivity contribution in [2.24, 2.45) is 0 Å². The maximum Gasteiger partial charge on any atom is 0.266 e. The summed E-state index contributed by atoms with van der Waals surface area (Å²) < 4.78 is 0.